The standard InChI is InChI=1S/C16H25NO/c18-14-16-9-12-17(13-10-16)11-5-4-8-15-6-2-1-3-7-15/h1-3,6-7,16,18H,4-5,8-14H2. The Morgan fingerprint density at radius 3 is 2.44 bits per heavy atom. The Morgan fingerprint density at radius 1 is 1.06 bits per heavy atom. The predicted octanol–water partition coefficient (Wildman–Crippen LogP) is 2.71. The van der Waals surface area contributed by atoms with Crippen LogP contribution >= 0.6 is 0 Å². The van der Waals surface area contributed by atoms with Crippen molar-refractivity contribution in [3.63, 3.8) is 0 Å². The van der Waals surface area contributed by atoms with Crippen LogP contribution in [0.3, 0.4) is 0 Å². The number of likely N-dealkylation sites (tertiary alicyclic amines) is 1. The maximum atomic E-state index is 9.10. The summed E-state index contributed by atoms with van der Waals surface area (Å²) in [6.07, 6.45) is 6.13. The maximum absolute atomic E-state index is 9.10. The Kier molecular flexibility index (Phi) is 5.69. The van der Waals surface area contributed by atoms with E-state index in [0.717, 1.165) is 0 Å². The van der Waals surface area contributed by atoms with Crippen LogP contribution in [0.25, 0.3) is 0 Å². The summed E-state index contributed by atoms with van der Waals surface area (Å²) >= 11 is 0. The highest BCUT2D eigenvalue weighted by atomic mass is 16.3. The second-order valence-corrected chi connectivity index (χ2v) is 5.41. The summed E-state index contributed by atoms with van der Waals surface area (Å²) < 4.78 is 0. The summed E-state index contributed by atoms with van der Waals surface area (Å²) in [5, 5.41) is 9.10. The molecule has 1 fully saturated rings. The average molecular weight is 247 g/mol. The smallest absolute Gasteiger partial charge is 0.0460 e. The van der Waals surface area contributed by atoms with Crippen molar-refractivity contribution in [2.24, 2.45) is 5.92 Å². The fourth-order valence-corrected chi connectivity index (χ4v) is 2.70. The fraction of sp³-hybridized carbons (Fsp3) is 0.625. The zero-order valence-electron chi connectivity index (χ0n) is 11.2. The zero-order valence-corrected chi connectivity index (χ0v) is 11.2. The molecule has 1 aromatic rings. The molecule has 1 aromatic carbocycles. The first kappa shape index (κ1) is 13.6. The third-order valence-electron chi connectivity index (χ3n) is 4.00. The molecule has 1 aliphatic rings. The van der Waals surface area contributed by atoms with Crippen LogP contribution in [0.5, 0.6) is 0 Å². The van der Waals surface area contributed by atoms with Gasteiger partial charge in [-0.15, -0.1) is 0 Å². The third kappa shape index (κ3) is 4.43. The number of aryl methyl sites for hydroxylation is 1. The van der Waals surface area contributed by atoms with Crippen LogP contribution in [0.15, 0.2) is 30.3 Å². The topological polar surface area (TPSA) is 23.5 Å². The van der Waals surface area contributed by atoms with E-state index >= 15 is 0 Å². The molecule has 0 amide bonds. The monoisotopic (exact) mass is 247 g/mol. The normalized spacial score (nSPS) is 18.1. The van der Waals surface area contributed by atoms with Gasteiger partial charge in [0, 0.05) is 6.61 Å². The number of hydrogen-bond donors (Lipinski definition) is 1. The molecular weight excluding hydrogens is 222 g/mol. The summed E-state index contributed by atoms with van der Waals surface area (Å²) in [6, 6.07) is 10.7. The van der Waals surface area contributed by atoms with Gasteiger partial charge in [0.1, 0.15) is 0 Å². The third-order valence-corrected chi connectivity index (χ3v) is 4.00. The largest absolute Gasteiger partial charge is 0.396 e. The number of nitrogens with zero attached hydrogens (tertiary/aromatic N) is 1. The van der Waals surface area contributed by atoms with Gasteiger partial charge in [0.25, 0.3) is 0 Å². The molecule has 0 spiro atoms. The second kappa shape index (κ2) is 7.55. The fourth-order valence-electron chi connectivity index (χ4n) is 2.70. The average Bonchev–Trinajstić information content (AvgIpc) is 2.45. The van der Waals surface area contributed by atoms with E-state index < -0.39 is 0 Å². The van der Waals surface area contributed by atoms with E-state index in [-0.39, 0.29) is 0 Å². The highest BCUT2D eigenvalue weighted by Gasteiger charge is 2.17. The molecule has 1 saturated heterocycles. The first-order valence-corrected chi connectivity index (χ1v) is 7.25. The summed E-state index contributed by atoms with van der Waals surface area (Å²) in [4.78, 5) is 2.55. The summed E-state index contributed by atoms with van der Waals surface area (Å²) in [5.74, 6) is 0.561. The molecule has 2 nitrogen and oxygen atoms in total. The molecule has 2 rings (SSSR count). The number of aliphatic hydroxyl groups excluding tert-OH is 1. The minimum absolute atomic E-state index is 0.377. The van der Waals surface area contributed by atoms with Gasteiger partial charge >= 0.3 is 0 Å². The maximum Gasteiger partial charge on any atom is 0.0460 e. The SMILES string of the molecule is OCC1CCN(CCCCc2ccccc2)CC1. The Morgan fingerprint density at radius 2 is 1.78 bits per heavy atom. The highest BCUT2D eigenvalue weighted by Crippen LogP contribution is 2.16. The van der Waals surface area contributed by atoms with E-state index in [1.807, 2.05) is 0 Å². The van der Waals surface area contributed by atoms with Gasteiger partial charge in [-0.3, -0.25) is 0 Å². The quantitative estimate of drug-likeness (QED) is 0.781. The van der Waals surface area contributed by atoms with Gasteiger partial charge in [0.15, 0.2) is 0 Å². The molecule has 0 bridgehead atoms. The molecule has 0 atom stereocenters. The molecule has 1 N–H and O–H groups in total. The van der Waals surface area contributed by atoms with E-state index in [9.17, 15) is 0 Å². The molecule has 0 saturated carbocycles. The van der Waals surface area contributed by atoms with Crippen molar-refractivity contribution >= 4 is 0 Å². The van der Waals surface area contributed by atoms with Gasteiger partial charge in [0.2, 0.25) is 0 Å². The lowest BCUT2D eigenvalue weighted by Crippen LogP contribution is -2.35. The molecule has 0 radical (unpaired) electrons. The van der Waals surface area contributed by atoms with Gasteiger partial charge in [-0.2, -0.15) is 0 Å². The highest BCUT2D eigenvalue weighted by molar-refractivity contribution is 5.14. The zero-order chi connectivity index (χ0) is 12.6. The lowest BCUT2D eigenvalue weighted by molar-refractivity contribution is 0.130. The molecule has 1 heterocycles. The van der Waals surface area contributed by atoms with Gasteiger partial charge < -0.3 is 10.0 Å². The van der Waals surface area contributed by atoms with E-state index in [1.54, 1.807) is 0 Å². The summed E-state index contributed by atoms with van der Waals surface area (Å²) in [5.41, 5.74) is 1.46. The minimum atomic E-state index is 0.377. The Bertz CT molecular complexity index is 317. The molecule has 1 aliphatic heterocycles. The van der Waals surface area contributed by atoms with E-state index in [1.165, 1.54) is 57.3 Å². The molecule has 0 unspecified atom stereocenters. The lowest BCUT2D eigenvalue weighted by atomic mass is 9.97. The molecule has 18 heavy (non-hydrogen) atoms. The number of rotatable bonds is 6. The molecule has 2 heteroatoms. The first-order chi connectivity index (χ1) is 8.88. The van der Waals surface area contributed by atoms with Crippen LogP contribution in [0.4, 0.5) is 0 Å². The summed E-state index contributed by atoms with van der Waals surface area (Å²) in [6.45, 7) is 3.96. The van der Waals surface area contributed by atoms with Crippen LogP contribution in [0.1, 0.15) is 31.2 Å². The van der Waals surface area contributed by atoms with Crippen molar-refractivity contribution in [3.05, 3.63) is 35.9 Å². The van der Waals surface area contributed by atoms with Crippen LogP contribution < -0.4 is 0 Å². The van der Waals surface area contributed by atoms with Crippen molar-refractivity contribution in [2.75, 3.05) is 26.2 Å². The van der Waals surface area contributed by atoms with E-state index in [0.29, 0.717) is 12.5 Å². The van der Waals surface area contributed by atoms with Crippen molar-refractivity contribution < 1.29 is 5.11 Å². The van der Waals surface area contributed by atoms with Crippen LogP contribution in [-0.2, 0) is 6.42 Å². The van der Waals surface area contributed by atoms with Gasteiger partial charge in [-0.05, 0) is 63.2 Å². The molecular formula is C16H25NO. The molecule has 0 aliphatic carbocycles. The number of aliphatic hydroxyl groups is 1. The lowest BCUT2D eigenvalue weighted by Gasteiger charge is -2.30. The minimum Gasteiger partial charge on any atom is -0.396 e. The van der Waals surface area contributed by atoms with Crippen molar-refractivity contribution in [2.45, 2.75) is 32.1 Å². The number of unbranched alkanes of at least 4 members (excludes halogenated alkanes) is 1. The number of hydrogen-bond acceptors (Lipinski definition) is 2. The van der Waals surface area contributed by atoms with Crippen molar-refractivity contribution in [3.8, 4) is 0 Å². The van der Waals surface area contributed by atoms with Gasteiger partial charge in [0.05, 0.1) is 0 Å². The van der Waals surface area contributed by atoms with Crippen molar-refractivity contribution in [1.29, 1.82) is 0 Å². The molecule has 0 aromatic heterocycles. The van der Waals surface area contributed by atoms with E-state index in [4.69, 9.17) is 5.11 Å². The van der Waals surface area contributed by atoms with Crippen LogP contribution in [0.2, 0.25) is 0 Å². The molecule has 100 valence electrons. The van der Waals surface area contributed by atoms with Gasteiger partial charge in [-0.1, -0.05) is 30.3 Å². The Hall–Kier alpha value is -0.860. The number of benzene rings is 1. The Labute approximate surface area is 111 Å². The van der Waals surface area contributed by atoms with Crippen molar-refractivity contribution in [1.82, 2.24) is 4.90 Å². The number of piperidine rings is 1. The first-order valence-electron chi connectivity index (χ1n) is 7.25. The van der Waals surface area contributed by atoms with Gasteiger partial charge in [-0.25, -0.2) is 0 Å². The van der Waals surface area contributed by atoms with Crippen LogP contribution in [0, 0.1) is 5.92 Å². The summed E-state index contributed by atoms with van der Waals surface area (Å²) in [7, 11) is 0. The Balaban J connectivity index is 1.56. The predicted molar refractivity (Wildman–Crippen MR) is 75.6 cm³/mol. The van der Waals surface area contributed by atoms with E-state index in [2.05, 4.69) is 35.2 Å². The second-order valence-electron chi connectivity index (χ2n) is 5.41. The van der Waals surface area contributed by atoms with Crippen LogP contribution in [-0.4, -0.2) is 36.2 Å².